The van der Waals surface area contributed by atoms with Crippen molar-refractivity contribution in [1.29, 1.82) is 0 Å². The molecule has 4 heteroatoms. The number of aryl methyl sites for hydroxylation is 1. The summed E-state index contributed by atoms with van der Waals surface area (Å²) < 4.78 is 35.2. The average Bonchev–Trinajstić information content (AvgIpc) is 2.05. The van der Waals surface area contributed by atoms with E-state index < -0.39 is 6.18 Å². The molecule has 0 amide bonds. The van der Waals surface area contributed by atoms with Gasteiger partial charge >= 0.3 is 6.18 Å². The van der Waals surface area contributed by atoms with E-state index in [1.165, 1.54) is 12.1 Å². The standard InChI is InChI=1S/C10H7F3O/c1-7-2-3-9(14)8(6-7)4-5-10(11,12)13/h2-3,6,14H,1H3. The van der Waals surface area contributed by atoms with Crippen molar-refractivity contribution >= 4 is 0 Å². The highest BCUT2D eigenvalue weighted by molar-refractivity contribution is 5.47. The lowest BCUT2D eigenvalue weighted by molar-refractivity contribution is -0.0696. The third-order valence-electron chi connectivity index (χ3n) is 1.49. The van der Waals surface area contributed by atoms with Crippen LogP contribution in [0, 0.1) is 18.8 Å². The first-order valence-corrected chi connectivity index (χ1v) is 3.78. The van der Waals surface area contributed by atoms with Crippen LogP contribution < -0.4 is 0 Å². The Morgan fingerprint density at radius 2 is 1.93 bits per heavy atom. The van der Waals surface area contributed by atoms with Crippen LogP contribution in [-0.4, -0.2) is 11.3 Å². The van der Waals surface area contributed by atoms with Crippen molar-refractivity contribution in [2.75, 3.05) is 0 Å². The van der Waals surface area contributed by atoms with Gasteiger partial charge in [0.2, 0.25) is 0 Å². The smallest absolute Gasteiger partial charge is 0.458 e. The van der Waals surface area contributed by atoms with Gasteiger partial charge in [-0.3, -0.25) is 0 Å². The Balaban J connectivity index is 3.06. The summed E-state index contributed by atoms with van der Waals surface area (Å²) in [5.41, 5.74) is 0.733. The van der Waals surface area contributed by atoms with Crippen molar-refractivity contribution in [3.05, 3.63) is 29.3 Å². The Bertz CT molecular complexity index is 396. The number of benzene rings is 1. The molecule has 1 aromatic carbocycles. The van der Waals surface area contributed by atoms with Crippen LogP contribution in [-0.2, 0) is 0 Å². The molecule has 0 atom stereocenters. The van der Waals surface area contributed by atoms with Crippen molar-refractivity contribution in [1.82, 2.24) is 0 Å². The lowest BCUT2D eigenvalue weighted by atomic mass is 10.1. The van der Waals surface area contributed by atoms with Crippen molar-refractivity contribution in [2.45, 2.75) is 13.1 Å². The SMILES string of the molecule is Cc1ccc(O)c(C#CC(F)(F)F)c1. The second-order valence-electron chi connectivity index (χ2n) is 2.77. The topological polar surface area (TPSA) is 20.2 Å². The first kappa shape index (κ1) is 10.5. The summed E-state index contributed by atoms with van der Waals surface area (Å²) in [4.78, 5) is 0. The quantitative estimate of drug-likeness (QED) is 0.638. The van der Waals surface area contributed by atoms with Crippen LogP contribution in [0.1, 0.15) is 11.1 Å². The maximum absolute atomic E-state index is 11.7. The number of phenolic OH excluding ortho intramolecular Hbond substituents is 1. The molecular formula is C10H7F3O. The number of aromatic hydroxyl groups is 1. The molecule has 0 radical (unpaired) electrons. The third kappa shape index (κ3) is 3.02. The largest absolute Gasteiger partial charge is 0.507 e. The number of hydrogen-bond donors (Lipinski definition) is 1. The molecule has 14 heavy (non-hydrogen) atoms. The zero-order valence-corrected chi connectivity index (χ0v) is 7.31. The van der Waals surface area contributed by atoms with Gasteiger partial charge in [0, 0.05) is 5.92 Å². The van der Waals surface area contributed by atoms with Gasteiger partial charge in [-0.25, -0.2) is 0 Å². The van der Waals surface area contributed by atoms with E-state index in [4.69, 9.17) is 5.11 Å². The fourth-order valence-corrected chi connectivity index (χ4v) is 0.888. The van der Waals surface area contributed by atoms with Crippen LogP contribution >= 0.6 is 0 Å². The number of halogens is 3. The third-order valence-corrected chi connectivity index (χ3v) is 1.49. The molecule has 0 aliphatic heterocycles. The summed E-state index contributed by atoms with van der Waals surface area (Å²) in [5.74, 6) is 2.72. The van der Waals surface area contributed by atoms with Crippen LogP contribution in [0.3, 0.4) is 0 Å². The maximum atomic E-state index is 11.7. The van der Waals surface area contributed by atoms with E-state index in [-0.39, 0.29) is 11.3 Å². The molecule has 74 valence electrons. The molecule has 1 rings (SSSR count). The first-order valence-electron chi connectivity index (χ1n) is 3.78. The second kappa shape index (κ2) is 3.62. The summed E-state index contributed by atoms with van der Waals surface area (Å²) in [7, 11) is 0. The number of alkyl halides is 3. The molecule has 0 aliphatic carbocycles. The number of rotatable bonds is 0. The van der Waals surface area contributed by atoms with E-state index in [2.05, 4.69) is 0 Å². The monoisotopic (exact) mass is 200 g/mol. The molecule has 0 aliphatic rings. The van der Waals surface area contributed by atoms with Gasteiger partial charge in [-0.1, -0.05) is 12.0 Å². The summed E-state index contributed by atoms with van der Waals surface area (Å²) in [6.45, 7) is 1.71. The Morgan fingerprint density at radius 3 is 2.50 bits per heavy atom. The Labute approximate surface area is 79.2 Å². The van der Waals surface area contributed by atoms with Gasteiger partial charge in [0.1, 0.15) is 5.75 Å². The van der Waals surface area contributed by atoms with Gasteiger partial charge in [-0.05, 0) is 24.6 Å². The number of hydrogen-bond acceptors (Lipinski definition) is 1. The van der Waals surface area contributed by atoms with Gasteiger partial charge < -0.3 is 5.11 Å². The molecule has 1 nitrogen and oxygen atoms in total. The minimum Gasteiger partial charge on any atom is -0.507 e. The minimum atomic E-state index is -4.53. The second-order valence-corrected chi connectivity index (χ2v) is 2.77. The molecule has 0 bridgehead atoms. The van der Waals surface area contributed by atoms with E-state index >= 15 is 0 Å². The van der Waals surface area contributed by atoms with Crippen molar-refractivity contribution < 1.29 is 18.3 Å². The fourth-order valence-electron chi connectivity index (χ4n) is 0.888. The lowest BCUT2D eigenvalue weighted by Gasteiger charge is -1.98. The zero-order chi connectivity index (χ0) is 10.8. The molecule has 0 spiro atoms. The lowest BCUT2D eigenvalue weighted by Crippen LogP contribution is -2.01. The normalized spacial score (nSPS) is 10.6. The Morgan fingerprint density at radius 1 is 1.29 bits per heavy atom. The van der Waals surface area contributed by atoms with Crippen molar-refractivity contribution in [3.63, 3.8) is 0 Å². The maximum Gasteiger partial charge on any atom is 0.458 e. The van der Waals surface area contributed by atoms with E-state index in [9.17, 15) is 13.2 Å². The first-order chi connectivity index (χ1) is 6.38. The van der Waals surface area contributed by atoms with Crippen LogP contribution in [0.25, 0.3) is 0 Å². The highest BCUT2D eigenvalue weighted by atomic mass is 19.4. The molecule has 1 N–H and O–H groups in total. The minimum absolute atomic E-state index is 0.0117. The highest BCUT2D eigenvalue weighted by Gasteiger charge is 2.23. The molecule has 0 heterocycles. The average molecular weight is 200 g/mol. The Hall–Kier alpha value is -1.63. The van der Waals surface area contributed by atoms with E-state index in [1.54, 1.807) is 13.0 Å². The summed E-state index contributed by atoms with van der Waals surface area (Å²) in [6, 6.07) is 4.30. The van der Waals surface area contributed by atoms with Gasteiger partial charge in [-0.15, -0.1) is 0 Å². The molecule has 0 aromatic heterocycles. The van der Waals surface area contributed by atoms with Crippen LogP contribution in [0.5, 0.6) is 5.75 Å². The zero-order valence-electron chi connectivity index (χ0n) is 7.31. The summed E-state index contributed by atoms with van der Waals surface area (Å²) in [6.07, 6.45) is -4.53. The Kier molecular flexibility index (Phi) is 2.70. The predicted octanol–water partition coefficient (Wildman–Crippen LogP) is 2.61. The molecule has 0 saturated carbocycles. The molecule has 0 saturated heterocycles. The summed E-state index contributed by atoms with van der Waals surface area (Å²) in [5, 5.41) is 9.16. The van der Waals surface area contributed by atoms with Crippen molar-refractivity contribution in [3.8, 4) is 17.6 Å². The predicted molar refractivity (Wildman–Crippen MR) is 45.8 cm³/mol. The van der Waals surface area contributed by atoms with Crippen LogP contribution in [0.2, 0.25) is 0 Å². The van der Waals surface area contributed by atoms with Crippen LogP contribution in [0.4, 0.5) is 13.2 Å². The molecule has 1 aromatic rings. The van der Waals surface area contributed by atoms with Gasteiger partial charge in [-0.2, -0.15) is 13.2 Å². The van der Waals surface area contributed by atoms with E-state index in [0.717, 1.165) is 11.5 Å². The molecule has 0 fully saturated rings. The van der Waals surface area contributed by atoms with E-state index in [0.29, 0.717) is 0 Å². The van der Waals surface area contributed by atoms with Gasteiger partial charge in [0.15, 0.2) is 0 Å². The van der Waals surface area contributed by atoms with Crippen molar-refractivity contribution in [2.24, 2.45) is 0 Å². The fraction of sp³-hybridized carbons (Fsp3) is 0.200. The highest BCUT2D eigenvalue weighted by Crippen LogP contribution is 2.18. The van der Waals surface area contributed by atoms with Crippen LogP contribution in [0.15, 0.2) is 18.2 Å². The molecule has 0 unspecified atom stereocenters. The van der Waals surface area contributed by atoms with E-state index in [1.807, 2.05) is 5.92 Å². The van der Waals surface area contributed by atoms with Gasteiger partial charge in [0.25, 0.3) is 0 Å². The van der Waals surface area contributed by atoms with Gasteiger partial charge in [0.05, 0.1) is 5.56 Å². The molecular weight excluding hydrogens is 193 g/mol. The summed E-state index contributed by atoms with van der Waals surface area (Å²) >= 11 is 0. The number of phenols is 1.